The van der Waals surface area contributed by atoms with Crippen molar-refractivity contribution in [3.8, 4) is 0 Å². The average molecular weight is 286 g/mol. The Morgan fingerprint density at radius 1 is 1.05 bits per heavy atom. The molecule has 1 aromatic heterocycles. The van der Waals surface area contributed by atoms with Crippen LogP contribution in [0.2, 0.25) is 0 Å². The van der Waals surface area contributed by atoms with Crippen LogP contribution >= 0.6 is 0 Å². The second-order valence-corrected chi connectivity index (χ2v) is 5.04. The van der Waals surface area contributed by atoms with Gasteiger partial charge in [0.15, 0.2) is 0 Å². The lowest BCUT2D eigenvalue weighted by Crippen LogP contribution is -1.83. The standard InChI is InChI=1S/C18H14N4/c1-13-2-9-18-17(12-13)15(10-11-20-18)6-3-14-4-7-16(8-5-14)21-22-19/h2-12H,1H3. The summed E-state index contributed by atoms with van der Waals surface area (Å²) in [7, 11) is 0. The van der Waals surface area contributed by atoms with Crippen LogP contribution in [0.5, 0.6) is 0 Å². The number of azide groups is 1. The normalized spacial score (nSPS) is 10.8. The van der Waals surface area contributed by atoms with Gasteiger partial charge >= 0.3 is 0 Å². The lowest BCUT2D eigenvalue weighted by Gasteiger charge is -2.03. The van der Waals surface area contributed by atoms with Gasteiger partial charge in [0.25, 0.3) is 0 Å². The van der Waals surface area contributed by atoms with Gasteiger partial charge in [-0.05, 0) is 41.8 Å². The Kier molecular flexibility index (Phi) is 3.86. The van der Waals surface area contributed by atoms with Gasteiger partial charge in [0.05, 0.1) is 5.52 Å². The molecule has 4 heteroatoms. The van der Waals surface area contributed by atoms with Crippen LogP contribution < -0.4 is 0 Å². The van der Waals surface area contributed by atoms with E-state index in [0.717, 1.165) is 22.0 Å². The molecule has 0 aliphatic heterocycles. The minimum atomic E-state index is 0.615. The molecule has 1 heterocycles. The van der Waals surface area contributed by atoms with Crippen LogP contribution in [0.1, 0.15) is 16.7 Å². The van der Waals surface area contributed by atoms with Crippen molar-refractivity contribution in [1.82, 2.24) is 4.98 Å². The molecule has 106 valence electrons. The van der Waals surface area contributed by atoms with Crippen LogP contribution in [-0.4, -0.2) is 4.98 Å². The maximum atomic E-state index is 8.40. The van der Waals surface area contributed by atoms with Crippen LogP contribution in [0.4, 0.5) is 5.69 Å². The number of hydrogen-bond donors (Lipinski definition) is 0. The van der Waals surface area contributed by atoms with Crippen molar-refractivity contribution >= 4 is 28.7 Å². The fourth-order valence-corrected chi connectivity index (χ4v) is 2.32. The lowest BCUT2D eigenvalue weighted by molar-refractivity contribution is 1.39. The molecular weight excluding hydrogens is 272 g/mol. The smallest absolute Gasteiger partial charge is 0.0708 e. The second kappa shape index (κ2) is 6.12. The van der Waals surface area contributed by atoms with Crippen molar-refractivity contribution in [2.75, 3.05) is 0 Å². The molecule has 0 unspecified atom stereocenters. The van der Waals surface area contributed by atoms with Crippen LogP contribution in [0.15, 0.2) is 59.8 Å². The van der Waals surface area contributed by atoms with Gasteiger partial charge in [0.2, 0.25) is 0 Å². The molecule has 0 N–H and O–H groups in total. The number of nitrogens with zero attached hydrogens (tertiary/aromatic N) is 4. The van der Waals surface area contributed by atoms with Gasteiger partial charge in [0, 0.05) is 22.2 Å². The monoisotopic (exact) mass is 286 g/mol. The number of aryl methyl sites for hydroxylation is 1. The van der Waals surface area contributed by atoms with Gasteiger partial charge in [-0.1, -0.05) is 53.2 Å². The van der Waals surface area contributed by atoms with Gasteiger partial charge in [-0.2, -0.15) is 0 Å². The molecule has 0 fully saturated rings. The lowest BCUT2D eigenvalue weighted by atomic mass is 10.1. The van der Waals surface area contributed by atoms with Crippen LogP contribution in [-0.2, 0) is 0 Å². The molecule has 0 aliphatic carbocycles. The summed E-state index contributed by atoms with van der Waals surface area (Å²) in [6.07, 6.45) is 5.94. The topological polar surface area (TPSA) is 61.7 Å². The zero-order chi connectivity index (χ0) is 15.4. The van der Waals surface area contributed by atoms with Crippen molar-refractivity contribution in [1.29, 1.82) is 0 Å². The van der Waals surface area contributed by atoms with Crippen molar-refractivity contribution in [2.24, 2.45) is 5.11 Å². The molecule has 0 radical (unpaired) electrons. The number of benzene rings is 2. The summed E-state index contributed by atoms with van der Waals surface area (Å²) in [6.45, 7) is 2.08. The molecule has 0 spiro atoms. The van der Waals surface area contributed by atoms with Gasteiger partial charge in [0.1, 0.15) is 0 Å². The first-order valence-electron chi connectivity index (χ1n) is 6.95. The third-order valence-electron chi connectivity index (χ3n) is 3.44. The summed E-state index contributed by atoms with van der Waals surface area (Å²) in [5.41, 5.74) is 13.4. The molecule has 4 nitrogen and oxygen atoms in total. The summed E-state index contributed by atoms with van der Waals surface area (Å²) < 4.78 is 0. The van der Waals surface area contributed by atoms with E-state index < -0.39 is 0 Å². The van der Waals surface area contributed by atoms with E-state index in [1.165, 1.54) is 5.56 Å². The third kappa shape index (κ3) is 2.97. The summed E-state index contributed by atoms with van der Waals surface area (Å²) in [6, 6.07) is 15.7. The first kappa shape index (κ1) is 13.9. The molecule has 0 atom stereocenters. The van der Waals surface area contributed by atoms with E-state index in [9.17, 15) is 0 Å². The molecule has 22 heavy (non-hydrogen) atoms. The third-order valence-corrected chi connectivity index (χ3v) is 3.44. The summed E-state index contributed by atoms with van der Waals surface area (Å²) in [5, 5.41) is 4.71. The Balaban J connectivity index is 1.95. The van der Waals surface area contributed by atoms with E-state index in [1.807, 2.05) is 36.5 Å². The average Bonchev–Trinajstić information content (AvgIpc) is 2.54. The van der Waals surface area contributed by atoms with Crippen molar-refractivity contribution in [3.05, 3.63) is 81.9 Å². The quantitative estimate of drug-likeness (QED) is 0.348. The van der Waals surface area contributed by atoms with Gasteiger partial charge in [-0.25, -0.2) is 0 Å². The summed E-state index contributed by atoms with van der Waals surface area (Å²) in [4.78, 5) is 7.16. The highest BCUT2D eigenvalue weighted by molar-refractivity contribution is 5.90. The Bertz CT molecular complexity index is 889. The molecule has 0 bridgehead atoms. The number of aromatic nitrogens is 1. The van der Waals surface area contributed by atoms with Crippen LogP contribution in [0.3, 0.4) is 0 Å². The molecule has 3 rings (SSSR count). The molecule has 0 aliphatic rings. The van der Waals surface area contributed by atoms with Gasteiger partial charge < -0.3 is 0 Å². The molecule has 3 aromatic rings. The molecule has 0 saturated carbocycles. The Morgan fingerprint density at radius 2 is 1.86 bits per heavy atom. The van der Waals surface area contributed by atoms with E-state index in [-0.39, 0.29) is 0 Å². The zero-order valence-corrected chi connectivity index (χ0v) is 12.1. The Labute approximate surface area is 128 Å². The largest absolute Gasteiger partial charge is 0.256 e. The first-order chi connectivity index (χ1) is 10.8. The maximum absolute atomic E-state index is 8.40. The minimum absolute atomic E-state index is 0.615. The van der Waals surface area contributed by atoms with Crippen molar-refractivity contribution in [2.45, 2.75) is 6.92 Å². The molecular formula is C18H14N4. The number of rotatable bonds is 3. The number of pyridine rings is 1. The van der Waals surface area contributed by atoms with Gasteiger partial charge in [-0.15, -0.1) is 0 Å². The molecule has 0 saturated heterocycles. The minimum Gasteiger partial charge on any atom is -0.256 e. The Hall–Kier alpha value is -3.10. The second-order valence-electron chi connectivity index (χ2n) is 5.04. The molecule has 2 aromatic carbocycles. The summed E-state index contributed by atoms with van der Waals surface area (Å²) >= 11 is 0. The molecule has 0 amide bonds. The Morgan fingerprint density at radius 3 is 2.64 bits per heavy atom. The summed E-state index contributed by atoms with van der Waals surface area (Å²) in [5.74, 6) is 0. The SMILES string of the molecule is Cc1ccc2nccc(C=Cc3ccc(N=[N+]=[N-])cc3)c2c1. The van der Waals surface area contributed by atoms with E-state index >= 15 is 0 Å². The highest BCUT2D eigenvalue weighted by atomic mass is 15.1. The highest BCUT2D eigenvalue weighted by Crippen LogP contribution is 2.21. The van der Waals surface area contributed by atoms with E-state index in [1.54, 1.807) is 12.1 Å². The van der Waals surface area contributed by atoms with E-state index in [2.05, 4.69) is 40.1 Å². The highest BCUT2D eigenvalue weighted by Gasteiger charge is 1.99. The van der Waals surface area contributed by atoms with Crippen LogP contribution in [0.25, 0.3) is 33.5 Å². The fourth-order valence-electron chi connectivity index (χ4n) is 2.32. The van der Waals surface area contributed by atoms with Crippen LogP contribution in [0, 0.1) is 6.92 Å². The predicted molar refractivity (Wildman–Crippen MR) is 90.7 cm³/mol. The van der Waals surface area contributed by atoms with Gasteiger partial charge in [-0.3, -0.25) is 4.98 Å². The van der Waals surface area contributed by atoms with Crippen molar-refractivity contribution < 1.29 is 0 Å². The van der Waals surface area contributed by atoms with Crippen molar-refractivity contribution in [3.63, 3.8) is 0 Å². The van der Waals surface area contributed by atoms with E-state index in [0.29, 0.717) is 5.69 Å². The predicted octanol–water partition coefficient (Wildman–Crippen LogP) is 5.66. The number of hydrogen-bond acceptors (Lipinski definition) is 2. The van der Waals surface area contributed by atoms with E-state index in [4.69, 9.17) is 5.53 Å². The maximum Gasteiger partial charge on any atom is 0.0708 e. The zero-order valence-electron chi connectivity index (χ0n) is 12.1. The first-order valence-corrected chi connectivity index (χ1v) is 6.95. The number of fused-ring (bicyclic) bond motifs is 1. The fraction of sp³-hybridized carbons (Fsp3) is 0.0556.